The Morgan fingerprint density at radius 1 is 1.14 bits per heavy atom. The Morgan fingerprint density at radius 2 is 1.79 bits per heavy atom. The molecule has 1 aromatic rings. The molecule has 0 saturated heterocycles. The maximum Gasteiger partial charge on any atom is 0.410 e. The predicted molar refractivity (Wildman–Crippen MR) is 105 cm³/mol. The zero-order valence-electron chi connectivity index (χ0n) is 17.6. The number of hydrogen-bond donors (Lipinski definition) is 1. The lowest BCUT2D eigenvalue weighted by atomic mass is 10.2. The van der Waals surface area contributed by atoms with E-state index >= 15 is 0 Å². The molecule has 0 bridgehead atoms. The third kappa shape index (κ3) is 10.3. The first-order valence-corrected chi connectivity index (χ1v) is 9.19. The lowest BCUT2D eigenvalue weighted by Gasteiger charge is -2.24. The molecule has 0 heterocycles. The minimum atomic E-state index is -1.03. The molecule has 1 N–H and O–H groups in total. The molecule has 162 valence electrons. The zero-order valence-corrected chi connectivity index (χ0v) is 17.6. The highest BCUT2D eigenvalue weighted by molar-refractivity contribution is 5.81. The van der Waals surface area contributed by atoms with Gasteiger partial charge in [0.05, 0.1) is 20.3 Å². The normalized spacial score (nSPS) is 11.9. The van der Waals surface area contributed by atoms with Crippen molar-refractivity contribution in [2.45, 2.75) is 39.0 Å². The summed E-state index contributed by atoms with van der Waals surface area (Å²) in [5.41, 5.74) is 0.227. The number of carbonyl (C=O) groups excluding carboxylic acids is 3. The molecular weight excluding hydrogens is 380 g/mol. The van der Waals surface area contributed by atoms with Crippen molar-refractivity contribution in [2.75, 3.05) is 33.9 Å². The number of nitrogens with zero attached hydrogens (tertiary/aromatic N) is 1. The van der Waals surface area contributed by atoms with Crippen molar-refractivity contribution < 1.29 is 33.3 Å². The maximum absolute atomic E-state index is 11.9. The average molecular weight is 410 g/mol. The summed E-state index contributed by atoms with van der Waals surface area (Å²) in [6.45, 7) is 5.67. The molecule has 0 aromatic heterocycles. The van der Waals surface area contributed by atoms with E-state index in [9.17, 15) is 14.4 Å². The summed E-state index contributed by atoms with van der Waals surface area (Å²) in [7, 11) is 2.79. The number of benzene rings is 1. The topological polar surface area (TPSA) is 103 Å². The van der Waals surface area contributed by atoms with Crippen molar-refractivity contribution in [3.8, 4) is 0 Å². The smallest absolute Gasteiger partial charge is 0.410 e. The summed E-state index contributed by atoms with van der Waals surface area (Å²) in [5, 5.41) is 2.41. The monoisotopic (exact) mass is 410 g/mol. The van der Waals surface area contributed by atoms with Gasteiger partial charge in [0, 0.05) is 13.6 Å². The van der Waals surface area contributed by atoms with Gasteiger partial charge in [-0.2, -0.15) is 0 Å². The number of amides is 2. The van der Waals surface area contributed by atoms with Gasteiger partial charge in [-0.1, -0.05) is 30.3 Å². The van der Waals surface area contributed by atoms with E-state index in [1.54, 1.807) is 27.8 Å². The van der Waals surface area contributed by atoms with E-state index in [-0.39, 0.29) is 26.4 Å². The standard InChI is InChI=1S/C20H30N2O7/c1-20(2,3)29-19(25)22(4)11-12-27-14-16(17(23)26-5)21-18(24)28-13-15-9-7-6-8-10-15/h6-10,16H,11-14H2,1-5H3,(H,21,24)/t16-/m1/s1. The number of alkyl carbamates (subject to hydrolysis) is 1. The number of esters is 1. The highest BCUT2D eigenvalue weighted by Gasteiger charge is 2.23. The van der Waals surface area contributed by atoms with Crippen LogP contribution in [0.2, 0.25) is 0 Å². The predicted octanol–water partition coefficient (Wildman–Crippen LogP) is 2.34. The molecule has 0 aliphatic heterocycles. The fraction of sp³-hybridized carbons (Fsp3) is 0.550. The SMILES string of the molecule is COC(=O)[C@@H](COCCN(C)C(=O)OC(C)(C)C)NC(=O)OCc1ccccc1. The van der Waals surface area contributed by atoms with Gasteiger partial charge in [-0.3, -0.25) is 0 Å². The molecule has 0 radical (unpaired) electrons. The van der Waals surface area contributed by atoms with Crippen molar-refractivity contribution in [1.29, 1.82) is 0 Å². The minimum absolute atomic E-state index is 0.0715. The molecule has 1 atom stereocenters. The maximum atomic E-state index is 11.9. The van der Waals surface area contributed by atoms with E-state index in [0.29, 0.717) is 0 Å². The van der Waals surface area contributed by atoms with Gasteiger partial charge in [-0.05, 0) is 26.3 Å². The van der Waals surface area contributed by atoms with Gasteiger partial charge in [0.25, 0.3) is 0 Å². The Balaban J connectivity index is 2.40. The first kappa shape index (κ1) is 24.2. The van der Waals surface area contributed by atoms with Gasteiger partial charge in [0.1, 0.15) is 12.2 Å². The summed E-state index contributed by atoms with van der Waals surface area (Å²) < 4.78 is 20.4. The van der Waals surface area contributed by atoms with Crippen LogP contribution in [0, 0.1) is 0 Å². The quantitative estimate of drug-likeness (QED) is 0.379. The van der Waals surface area contributed by atoms with Crippen molar-refractivity contribution in [2.24, 2.45) is 0 Å². The number of hydrogen-bond acceptors (Lipinski definition) is 7. The van der Waals surface area contributed by atoms with E-state index in [0.717, 1.165) is 5.56 Å². The highest BCUT2D eigenvalue weighted by atomic mass is 16.6. The fourth-order valence-electron chi connectivity index (χ4n) is 2.05. The summed E-state index contributed by atoms with van der Waals surface area (Å²) in [4.78, 5) is 37.0. The van der Waals surface area contributed by atoms with Crippen LogP contribution >= 0.6 is 0 Å². The van der Waals surface area contributed by atoms with Crippen LogP contribution in [-0.4, -0.2) is 68.6 Å². The molecule has 0 saturated carbocycles. The Bertz CT molecular complexity index is 659. The van der Waals surface area contributed by atoms with Gasteiger partial charge in [-0.15, -0.1) is 0 Å². The molecule has 0 aliphatic carbocycles. The number of likely N-dealkylation sites (N-methyl/N-ethyl adjacent to an activating group) is 1. The van der Waals surface area contributed by atoms with Crippen LogP contribution in [0.4, 0.5) is 9.59 Å². The Kier molecular flexibility index (Phi) is 9.94. The zero-order chi connectivity index (χ0) is 21.9. The Morgan fingerprint density at radius 3 is 2.38 bits per heavy atom. The third-order valence-electron chi connectivity index (χ3n) is 3.55. The van der Waals surface area contributed by atoms with Crippen molar-refractivity contribution in [3.63, 3.8) is 0 Å². The summed E-state index contributed by atoms with van der Waals surface area (Å²) >= 11 is 0. The molecule has 9 heteroatoms. The number of ether oxygens (including phenoxy) is 4. The second kappa shape index (κ2) is 11.9. The van der Waals surface area contributed by atoms with Gasteiger partial charge in [0.15, 0.2) is 6.04 Å². The van der Waals surface area contributed by atoms with Crippen LogP contribution in [0.25, 0.3) is 0 Å². The molecular formula is C20H30N2O7. The lowest BCUT2D eigenvalue weighted by Crippen LogP contribution is -2.45. The third-order valence-corrected chi connectivity index (χ3v) is 3.55. The lowest BCUT2D eigenvalue weighted by molar-refractivity contribution is -0.144. The molecule has 1 aromatic carbocycles. The summed E-state index contributed by atoms with van der Waals surface area (Å²) in [6.07, 6.45) is -1.24. The fourth-order valence-corrected chi connectivity index (χ4v) is 2.05. The second-order valence-corrected chi connectivity index (χ2v) is 7.26. The second-order valence-electron chi connectivity index (χ2n) is 7.26. The molecule has 0 unspecified atom stereocenters. The number of methoxy groups -OCH3 is 1. The highest BCUT2D eigenvalue weighted by Crippen LogP contribution is 2.09. The van der Waals surface area contributed by atoms with Crippen LogP contribution in [0.3, 0.4) is 0 Å². The molecule has 2 amide bonds. The first-order valence-electron chi connectivity index (χ1n) is 9.19. The minimum Gasteiger partial charge on any atom is -0.467 e. The molecule has 0 fully saturated rings. The molecule has 0 spiro atoms. The van der Waals surface area contributed by atoms with E-state index < -0.39 is 29.8 Å². The van der Waals surface area contributed by atoms with Crippen LogP contribution in [0.15, 0.2) is 30.3 Å². The van der Waals surface area contributed by atoms with Crippen LogP contribution in [0.1, 0.15) is 26.3 Å². The van der Waals surface area contributed by atoms with Crippen LogP contribution < -0.4 is 5.32 Å². The van der Waals surface area contributed by atoms with Crippen molar-refractivity contribution >= 4 is 18.2 Å². The number of nitrogens with one attached hydrogen (secondary N) is 1. The van der Waals surface area contributed by atoms with Crippen LogP contribution in [-0.2, 0) is 30.3 Å². The van der Waals surface area contributed by atoms with E-state index in [1.165, 1.54) is 12.0 Å². The van der Waals surface area contributed by atoms with Crippen molar-refractivity contribution in [1.82, 2.24) is 10.2 Å². The number of rotatable bonds is 9. The van der Waals surface area contributed by atoms with Gasteiger partial charge in [-0.25, -0.2) is 14.4 Å². The molecule has 29 heavy (non-hydrogen) atoms. The summed E-state index contributed by atoms with van der Waals surface area (Å²) in [6, 6.07) is 8.11. The van der Waals surface area contributed by atoms with Gasteiger partial charge < -0.3 is 29.2 Å². The van der Waals surface area contributed by atoms with Gasteiger partial charge >= 0.3 is 18.2 Å². The van der Waals surface area contributed by atoms with Crippen LogP contribution in [0.5, 0.6) is 0 Å². The molecule has 1 rings (SSSR count). The Hall–Kier alpha value is -2.81. The van der Waals surface area contributed by atoms with E-state index in [4.69, 9.17) is 14.2 Å². The van der Waals surface area contributed by atoms with E-state index in [1.807, 2.05) is 30.3 Å². The molecule has 0 aliphatic rings. The summed E-state index contributed by atoms with van der Waals surface area (Å²) in [5.74, 6) is -0.665. The number of carbonyl (C=O) groups is 3. The average Bonchev–Trinajstić information content (AvgIpc) is 2.67. The molecule has 9 nitrogen and oxygen atoms in total. The Labute approximate surface area is 171 Å². The first-order chi connectivity index (χ1) is 13.6. The van der Waals surface area contributed by atoms with E-state index in [2.05, 4.69) is 10.1 Å². The largest absolute Gasteiger partial charge is 0.467 e. The van der Waals surface area contributed by atoms with Crippen molar-refractivity contribution in [3.05, 3.63) is 35.9 Å². The van der Waals surface area contributed by atoms with Gasteiger partial charge in [0.2, 0.25) is 0 Å².